The Morgan fingerprint density at radius 3 is 2.53 bits per heavy atom. The standard InChI is InChI=1S/C25H28N4S/c1-18-10-12-21(13-11-18)29-24(23(27-25(29)30)22-9-5-6-15-26-22)19-14-16-28(17-19)20-7-3-2-4-8-20/h5-6,9-17,20,23-24H,2-4,7-8H2,1H3,(H,27,30)/t23-,24+/m0/s1. The van der Waals surface area contributed by atoms with E-state index in [0.717, 1.165) is 16.5 Å². The molecule has 1 saturated carbocycles. The van der Waals surface area contributed by atoms with Crippen LogP contribution in [0, 0.1) is 6.92 Å². The molecule has 2 atom stereocenters. The van der Waals surface area contributed by atoms with Crippen LogP contribution in [0.2, 0.25) is 0 Å². The minimum atomic E-state index is 0.0159. The van der Waals surface area contributed by atoms with Crippen molar-refractivity contribution in [2.24, 2.45) is 0 Å². The van der Waals surface area contributed by atoms with Crippen LogP contribution in [0.15, 0.2) is 67.1 Å². The lowest BCUT2D eigenvalue weighted by Gasteiger charge is -2.28. The predicted molar refractivity (Wildman–Crippen MR) is 126 cm³/mol. The van der Waals surface area contributed by atoms with Crippen molar-refractivity contribution < 1.29 is 0 Å². The Bertz CT molecular complexity index is 1010. The number of hydrogen-bond donors (Lipinski definition) is 1. The Kier molecular flexibility index (Phi) is 5.30. The second kappa shape index (κ2) is 8.23. The molecule has 0 amide bonds. The van der Waals surface area contributed by atoms with E-state index in [1.54, 1.807) is 0 Å². The van der Waals surface area contributed by atoms with E-state index in [1.807, 2.05) is 18.3 Å². The van der Waals surface area contributed by atoms with Gasteiger partial charge < -0.3 is 14.8 Å². The average molecular weight is 417 g/mol. The van der Waals surface area contributed by atoms with Crippen molar-refractivity contribution in [3.05, 3.63) is 83.9 Å². The van der Waals surface area contributed by atoms with Crippen LogP contribution in [0.4, 0.5) is 5.69 Å². The van der Waals surface area contributed by atoms with Crippen molar-refractivity contribution in [3.63, 3.8) is 0 Å². The molecule has 2 fully saturated rings. The zero-order valence-corrected chi connectivity index (χ0v) is 18.2. The lowest BCUT2D eigenvalue weighted by molar-refractivity contribution is 0.353. The molecule has 5 rings (SSSR count). The SMILES string of the molecule is Cc1ccc(N2C(=S)N[C@@H](c3ccccn3)[C@H]2c2ccn(C3CCCCC3)c2)cc1. The van der Waals surface area contributed by atoms with Crippen LogP contribution >= 0.6 is 12.2 Å². The van der Waals surface area contributed by atoms with Gasteiger partial charge in [0, 0.05) is 30.3 Å². The zero-order valence-electron chi connectivity index (χ0n) is 17.4. The Labute approximate surface area is 183 Å². The van der Waals surface area contributed by atoms with Gasteiger partial charge in [-0.2, -0.15) is 0 Å². The first-order valence-electron chi connectivity index (χ1n) is 11.0. The van der Waals surface area contributed by atoms with Gasteiger partial charge in [-0.25, -0.2) is 0 Å². The maximum absolute atomic E-state index is 5.82. The summed E-state index contributed by atoms with van der Waals surface area (Å²) in [5.41, 5.74) is 4.67. The van der Waals surface area contributed by atoms with E-state index < -0.39 is 0 Å². The molecule has 30 heavy (non-hydrogen) atoms. The van der Waals surface area contributed by atoms with Gasteiger partial charge in [-0.3, -0.25) is 4.98 Å². The largest absolute Gasteiger partial charge is 0.351 e. The first kappa shape index (κ1) is 19.3. The molecule has 1 N–H and O–H groups in total. The summed E-state index contributed by atoms with van der Waals surface area (Å²) in [6, 6.07) is 17.7. The van der Waals surface area contributed by atoms with Gasteiger partial charge in [-0.15, -0.1) is 0 Å². The second-order valence-electron chi connectivity index (χ2n) is 8.52. The highest BCUT2D eigenvalue weighted by atomic mass is 32.1. The molecule has 2 aliphatic rings. The van der Waals surface area contributed by atoms with Crippen molar-refractivity contribution in [1.82, 2.24) is 14.9 Å². The second-order valence-corrected chi connectivity index (χ2v) is 8.90. The molecule has 0 spiro atoms. The average Bonchev–Trinajstić information content (AvgIpc) is 3.40. The van der Waals surface area contributed by atoms with Crippen LogP contribution in [0.3, 0.4) is 0 Å². The first-order valence-corrected chi connectivity index (χ1v) is 11.4. The third-order valence-corrected chi connectivity index (χ3v) is 6.80. The normalized spacial score (nSPS) is 22.3. The van der Waals surface area contributed by atoms with Crippen molar-refractivity contribution in [1.29, 1.82) is 0 Å². The van der Waals surface area contributed by atoms with Crippen LogP contribution < -0.4 is 10.2 Å². The van der Waals surface area contributed by atoms with Crippen molar-refractivity contribution in [2.45, 2.75) is 57.2 Å². The van der Waals surface area contributed by atoms with Crippen LogP contribution in [-0.4, -0.2) is 14.7 Å². The first-order chi connectivity index (χ1) is 14.7. The van der Waals surface area contributed by atoms with Crippen LogP contribution in [0.1, 0.15) is 67.1 Å². The van der Waals surface area contributed by atoms with Gasteiger partial charge in [0.25, 0.3) is 0 Å². The summed E-state index contributed by atoms with van der Waals surface area (Å²) < 4.78 is 2.43. The molecular weight excluding hydrogens is 388 g/mol. The van der Waals surface area contributed by atoms with Crippen LogP contribution in [0.5, 0.6) is 0 Å². The molecule has 5 heteroatoms. The fourth-order valence-electron chi connectivity index (χ4n) is 4.89. The van der Waals surface area contributed by atoms with E-state index in [9.17, 15) is 0 Å². The van der Waals surface area contributed by atoms with Gasteiger partial charge in [0.1, 0.15) is 0 Å². The van der Waals surface area contributed by atoms with Crippen LogP contribution in [-0.2, 0) is 0 Å². The van der Waals surface area contributed by atoms with Gasteiger partial charge in [0.15, 0.2) is 5.11 Å². The minimum absolute atomic E-state index is 0.0159. The maximum Gasteiger partial charge on any atom is 0.174 e. The lowest BCUT2D eigenvalue weighted by atomic mass is 9.95. The summed E-state index contributed by atoms with van der Waals surface area (Å²) in [4.78, 5) is 6.91. The zero-order chi connectivity index (χ0) is 20.5. The fraction of sp³-hybridized carbons (Fsp3) is 0.360. The smallest absolute Gasteiger partial charge is 0.174 e. The number of aryl methyl sites for hydroxylation is 1. The van der Waals surface area contributed by atoms with Crippen molar-refractivity contribution in [2.75, 3.05) is 4.90 Å². The molecule has 0 radical (unpaired) electrons. The highest BCUT2D eigenvalue weighted by Crippen LogP contribution is 2.42. The molecule has 1 aliphatic heterocycles. The molecule has 1 aromatic carbocycles. The third kappa shape index (κ3) is 3.63. The molecule has 2 aromatic heterocycles. The summed E-state index contributed by atoms with van der Waals surface area (Å²) in [5.74, 6) is 0. The quantitative estimate of drug-likeness (QED) is 0.539. The summed E-state index contributed by atoms with van der Waals surface area (Å²) in [7, 11) is 0. The van der Waals surface area contributed by atoms with E-state index in [1.165, 1.54) is 43.2 Å². The molecule has 0 bridgehead atoms. The number of thiocarbonyl (C=S) groups is 1. The molecule has 0 unspecified atom stereocenters. The summed E-state index contributed by atoms with van der Waals surface area (Å²) in [5, 5.41) is 4.31. The Balaban J connectivity index is 1.54. The fourth-order valence-corrected chi connectivity index (χ4v) is 5.23. The lowest BCUT2D eigenvalue weighted by Crippen LogP contribution is -2.29. The number of nitrogens with zero attached hydrogens (tertiary/aromatic N) is 3. The number of pyridine rings is 1. The predicted octanol–water partition coefficient (Wildman–Crippen LogP) is 5.87. The number of hydrogen-bond acceptors (Lipinski definition) is 2. The Morgan fingerprint density at radius 1 is 1.00 bits per heavy atom. The Hall–Kier alpha value is -2.66. The highest BCUT2D eigenvalue weighted by Gasteiger charge is 2.41. The molecule has 3 aromatic rings. The number of benzene rings is 1. The number of nitrogens with one attached hydrogen (secondary N) is 1. The summed E-state index contributed by atoms with van der Waals surface area (Å²) >= 11 is 5.82. The molecule has 1 aliphatic carbocycles. The van der Waals surface area contributed by atoms with E-state index >= 15 is 0 Å². The minimum Gasteiger partial charge on any atom is -0.351 e. The van der Waals surface area contributed by atoms with Gasteiger partial charge in [-0.1, -0.05) is 43.0 Å². The van der Waals surface area contributed by atoms with Gasteiger partial charge in [0.2, 0.25) is 0 Å². The van der Waals surface area contributed by atoms with Gasteiger partial charge >= 0.3 is 0 Å². The molecule has 3 heterocycles. The monoisotopic (exact) mass is 416 g/mol. The third-order valence-electron chi connectivity index (χ3n) is 6.49. The number of anilines is 1. The van der Waals surface area contributed by atoms with E-state index in [4.69, 9.17) is 12.2 Å². The van der Waals surface area contributed by atoms with Gasteiger partial charge in [0.05, 0.1) is 17.8 Å². The maximum atomic E-state index is 5.82. The topological polar surface area (TPSA) is 33.1 Å². The molecule has 1 saturated heterocycles. The Morgan fingerprint density at radius 2 is 1.80 bits per heavy atom. The van der Waals surface area contributed by atoms with Crippen LogP contribution in [0.25, 0.3) is 0 Å². The van der Waals surface area contributed by atoms with E-state index in [2.05, 4.69) is 75.5 Å². The molecule has 4 nitrogen and oxygen atoms in total. The van der Waals surface area contributed by atoms with Crippen molar-refractivity contribution >= 4 is 23.0 Å². The summed E-state index contributed by atoms with van der Waals surface area (Å²) in [6.07, 6.45) is 13.1. The van der Waals surface area contributed by atoms with Crippen molar-refractivity contribution in [3.8, 4) is 0 Å². The molecular formula is C25H28N4S. The summed E-state index contributed by atoms with van der Waals surface area (Å²) in [6.45, 7) is 2.11. The van der Waals surface area contributed by atoms with E-state index in [0.29, 0.717) is 6.04 Å². The van der Waals surface area contributed by atoms with E-state index in [-0.39, 0.29) is 12.1 Å². The van der Waals surface area contributed by atoms with Gasteiger partial charge in [-0.05, 0) is 67.9 Å². The number of rotatable bonds is 4. The highest BCUT2D eigenvalue weighted by molar-refractivity contribution is 7.80. The number of aromatic nitrogens is 2. The molecule has 154 valence electrons.